The molecular formula is C11H14O3S. The van der Waals surface area contributed by atoms with Crippen LogP contribution in [0.4, 0.5) is 0 Å². The molecule has 3 nitrogen and oxygen atoms in total. The van der Waals surface area contributed by atoms with Gasteiger partial charge in [-0.25, -0.2) is 8.42 Å². The Morgan fingerprint density at radius 3 is 2.33 bits per heavy atom. The lowest BCUT2D eigenvalue weighted by atomic mass is 10.2. The Bertz CT molecular complexity index is 420. The van der Waals surface area contributed by atoms with Gasteiger partial charge in [-0.2, -0.15) is 0 Å². The Balaban J connectivity index is 2.73. The number of hydrogen-bond acceptors (Lipinski definition) is 3. The average molecular weight is 226 g/mol. The average Bonchev–Trinajstić information content (AvgIpc) is 2.27. The minimum Gasteiger partial charge on any atom is -0.300 e. The predicted octanol–water partition coefficient (Wildman–Crippen LogP) is 1.83. The van der Waals surface area contributed by atoms with Crippen molar-refractivity contribution in [2.75, 3.05) is 5.75 Å². The van der Waals surface area contributed by atoms with Gasteiger partial charge in [0.2, 0.25) is 0 Å². The van der Waals surface area contributed by atoms with Crippen LogP contribution in [-0.4, -0.2) is 20.0 Å². The van der Waals surface area contributed by atoms with Crippen molar-refractivity contribution in [1.82, 2.24) is 0 Å². The maximum absolute atomic E-state index is 11.7. The molecule has 0 amide bonds. The molecule has 0 aromatic heterocycles. The molecule has 0 aliphatic heterocycles. The molecule has 0 unspecified atom stereocenters. The topological polar surface area (TPSA) is 51.2 Å². The molecule has 0 bridgehead atoms. The van der Waals surface area contributed by atoms with E-state index < -0.39 is 9.84 Å². The number of benzene rings is 1. The van der Waals surface area contributed by atoms with Gasteiger partial charge >= 0.3 is 0 Å². The molecule has 1 aromatic rings. The molecule has 0 saturated heterocycles. The number of rotatable bonds is 5. The molecule has 15 heavy (non-hydrogen) atoms. The first-order chi connectivity index (χ1) is 7.06. The molecule has 0 spiro atoms. The zero-order valence-corrected chi connectivity index (χ0v) is 9.46. The van der Waals surface area contributed by atoms with E-state index in [4.69, 9.17) is 0 Å². The van der Waals surface area contributed by atoms with E-state index >= 15 is 0 Å². The predicted molar refractivity (Wildman–Crippen MR) is 58.4 cm³/mol. The van der Waals surface area contributed by atoms with E-state index in [1.165, 1.54) is 0 Å². The maximum Gasteiger partial charge on any atom is 0.178 e. The normalized spacial score (nSPS) is 11.3. The fraction of sp³-hybridized carbons (Fsp3) is 0.364. The van der Waals surface area contributed by atoms with Gasteiger partial charge in [-0.3, -0.25) is 4.79 Å². The number of sulfone groups is 1. The minimum absolute atomic E-state index is 0.0190. The summed E-state index contributed by atoms with van der Waals surface area (Å²) in [6.07, 6.45) is 0.498. The molecule has 0 fully saturated rings. The second-order valence-electron chi connectivity index (χ2n) is 3.27. The highest BCUT2D eigenvalue weighted by atomic mass is 32.2. The highest BCUT2D eigenvalue weighted by Gasteiger charge is 2.14. The number of carbonyl (C=O) groups is 1. The van der Waals surface area contributed by atoms with Gasteiger partial charge in [0.15, 0.2) is 9.84 Å². The van der Waals surface area contributed by atoms with E-state index in [0.717, 1.165) is 0 Å². The number of hydrogen-bond donors (Lipinski definition) is 0. The Hall–Kier alpha value is -1.16. The van der Waals surface area contributed by atoms with Crippen molar-refractivity contribution in [3.8, 4) is 0 Å². The summed E-state index contributed by atoms with van der Waals surface area (Å²) in [6, 6.07) is 8.21. The van der Waals surface area contributed by atoms with Crippen LogP contribution in [0.25, 0.3) is 0 Å². The van der Waals surface area contributed by atoms with Crippen LogP contribution in [0, 0.1) is 0 Å². The molecule has 0 atom stereocenters. The van der Waals surface area contributed by atoms with E-state index in [2.05, 4.69) is 0 Å². The minimum atomic E-state index is -3.29. The van der Waals surface area contributed by atoms with Crippen LogP contribution < -0.4 is 0 Å². The van der Waals surface area contributed by atoms with Gasteiger partial charge < -0.3 is 0 Å². The van der Waals surface area contributed by atoms with Crippen molar-refractivity contribution in [3.63, 3.8) is 0 Å². The van der Waals surface area contributed by atoms with Crippen molar-refractivity contribution in [1.29, 1.82) is 0 Å². The van der Waals surface area contributed by atoms with Crippen LogP contribution in [-0.2, 0) is 14.6 Å². The quantitative estimate of drug-likeness (QED) is 0.769. The molecule has 0 aliphatic rings. The monoisotopic (exact) mass is 226 g/mol. The van der Waals surface area contributed by atoms with E-state index in [1.54, 1.807) is 37.3 Å². The van der Waals surface area contributed by atoms with Crippen molar-refractivity contribution >= 4 is 15.6 Å². The standard InChI is InChI=1S/C11H14O3S/c1-2-10(12)8-9-15(13,14)11-6-4-3-5-7-11/h3-7H,2,8-9H2,1H3. The zero-order chi connectivity index (χ0) is 11.3. The van der Waals surface area contributed by atoms with E-state index in [9.17, 15) is 13.2 Å². The molecular weight excluding hydrogens is 212 g/mol. The van der Waals surface area contributed by atoms with Gasteiger partial charge in [0, 0.05) is 12.8 Å². The third kappa shape index (κ3) is 3.47. The number of ketones is 1. The first-order valence-corrected chi connectivity index (χ1v) is 6.51. The second kappa shape index (κ2) is 5.07. The Kier molecular flexibility index (Phi) is 4.03. The Labute approximate surface area is 90.0 Å². The fourth-order valence-electron chi connectivity index (χ4n) is 1.17. The molecule has 4 heteroatoms. The van der Waals surface area contributed by atoms with Crippen LogP contribution in [0.15, 0.2) is 35.2 Å². The number of carbonyl (C=O) groups excluding carboxylic acids is 1. The lowest BCUT2D eigenvalue weighted by Gasteiger charge is -2.02. The summed E-state index contributed by atoms with van der Waals surface area (Å²) in [7, 11) is -3.29. The first-order valence-electron chi connectivity index (χ1n) is 4.86. The van der Waals surface area contributed by atoms with E-state index in [-0.39, 0.29) is 22.9 Å². The molecule has 82 valence electrons. The largest absolute Gasteiger partial charge is 0.300 e. The summed E-state index contributed by atoms with van der Waals surface area (Å²) in [4.78, 5) is 11.3. The summed E-state index contributed by atoms with van der Waals surface area (Å²) >= 11 is 0. The third-order valence-corrected chi connectivity index (χ3v) is 3.88. The van der Waals surface area contributed by atoms with Gasteiger partial charge in [-0.15, -0.1) is 0 Å². The van der Waals surface area contributed by atoms with Crippen LogP contribution in [0.1, 0.15) is 19.8 Å². The summed E-state index contributed by atoms with van der Waals surface area (Å²) < 4.78 is 23.4. The van der Waals surface area contributed by atoms with E-state index in [0.29, 0.717) is 6.42 Å². The summed E-state index contributed by atoms with van der Waals surface area (Å²) in [5.74, 6) is -0.113. The SMILES string of the molecule is CCC(=O)CCS(=O)(=O)c1ccccc1. The molecule has 0 heterocycles. The fourth-order valence-corrected chi connectivity index (χ4v) is 2.47. The Morgan fingerprint density at radius 1 is 1.20 bits per heavy atom. The highest BCUT2D eigenvalue weighted by Crippen LogP contribution is 2.11. The zero-order valence-electron chi connectivity index (χ0n) is 8.64. The maximum atomic E-state index is 11.7. The van der Waals surface area contributed by atoms with Crippen LogP contribution in [0.5, 0.6) is 0 Å². The molecule has 0 N–H and O–H groups in total. The Morgan fingerprint density at radius 2 is 1.80 bits per heavy atom. The van der Waals surface area contributed by atoms with Crippen molar-refractivity contribution in [3.05, 3.63) is 30.3 Å². The smallest absolute Gasteiger partial charge is 0.178 e. The molecule has 0 radical (unpaired) electrons. The second-order valence-corrected chi connectivity index (χ2v) is 5.38. The van der Waals surface area contributed by atoms with Gasteiger partial charge in [-0.1, -0.05) is 25.1 Å². The number of Topliss-reactive ketones (excluding diaryl/α,β-unsaturated/α-hetero) is 1. The third-order valence-electron chi connectivity index (χ3n) is 2.15. The van der Waals surface area contributed by atoms with Crippen LogP contribution in [0.2, 0.25) is 0 Å². The van der Waals surface area contributed by atoms with Crippen LogP contribution >= 0.6 is 0 Å². The summed E-state index contributed by atoms with van der Waals surface area (Å²) in [5.41, 5.74) is 0. The molecule has 0 saturated carbocycles. The van der Waals surface area contributed by atoms with Gasteiger partial charge in [0.25, 0.3) is 0 Å². The lowest BCUT2D eigenvalue weighted by Crippen LogP contribution is -2.10. The lowest BCUT2D eigenvalue weighted by molar-refractivity contribution is -0.118. The van der Waals surface area contributed by atoms with Crippen molar-refractivity contribution in [2.24, 2.45) is 0 Å². The summed E-state index contributed by atoms with van der Waals surface area (Å²) in [6.45, 7) is 1.73. The molecule has 1 aromatic carbocycles. The van der Waals surface area contributed by atoms with Crippen molar-refractivity contribution in [2.45, 2.75) is 24.7 Å². The van der Waals surface area contributed by atoms with Gasteiger partial charge in [-0.05, 0) is 12.1 Å². The molecule has 0 aliphatic carbocycles. The van der Waals surface area contributed by atoms with Gasteiger partial charge in [0.1, 0.15) is 5.78 Å². The first kappa shape index (κ1) is 11.9. The molecule has 1 rings (SSSR count). The van der Waals surface area contributed by atoms with E-state index in [1.807, 2.05) is 0 Å². The van der Waals surface area contributed by atoms with Crippen molar-refractivity contribution < 1.29 is 13.2 Å². The highest BCUT2D eigenvalue weighted by molar-refractivity contribution is 7.91. The van der Waals surface area contributed by atoms with Gasteiger partial charge in [0.05, 0.1) is 10.6 Å². The van der Waals surface area contributed by atoms with Crippen LogP contribution in [0.3, 0.4) is 0 Å². The summed E-state index contributed by atoms with van der Waals surface area (Å²) in [5, 5.41) is 0.